The molecular weight excluding hydrogens is 300 g/mol. The van der Waals surface area contributed by atoms with E-state index in [0.29, 0.717) is 30.2 Å². The quantitative estimate of drug-likeness (QED) is 0.821. The molecular formula is C11H15BrN4O2. The van der Waals surface area contributed by atoms with Crippen molar-refractivity contribution in [2.24, 2.45) is 5.73 Å². The van der Waals surface area contributed by atoms with Crippen LogP contribution in [-0.2, 0) is 16.0 Å². The molecule has 98 valence electrons. The summed E-state index contributed by atoms with van der Waals surface area (Å²) >= 11 is 3.35. The summed E-state index contributed by atoms with van der Waals surface area (Å²) in [5.41, 5.74) is 5.39. The van der Waals surface area contributed by atoms with Gasteiger partial charge >= 0.3 is 0 Å². The molecule has 1 aliphatic heterocycles. The Labute approximate surface area is 114 Å². The summed E-state index contributed by atoms with van der Waals surface area (Å²) in [6, 6.07) is 1.32. The van der Waals surface area contributed by atoms with Gasteiger partial charge in [-0.2, -0.15) is 0 Å². The smallest absolute Gasteiger partial charge is 0.242 e. The Morgan fingerprint density at radius 1 is 1.67 bits per heavy atom. The van der Waals surface area contributed by atoms with Crippen LogP contribution in [0.4, 0.5) is 5.82 Å². The van der Waals surface area contributed by atoms with Crippen LogP contribution in [0, 0.1) is 0 Å². The molecule has 0 radical (unpaired) electrons. The Balaban J connectivity index is 2.33. The van der Waals surface area contributed by atoms with E-state index in [1.54, 1.807) is 6.07 Å². The second kappa shape index (κ2) is 5.62. The van der Waals surface area contributed by atoms with E-state index in [4.69, 9.17) is 10.5 Å². The Morgan fingerprint density at radius 3 is 3.11 bits per heavy atom. The number of amides is 1. The summed E-state index contributed by atoms with van der Waals surface area (Å²) in [5.74, 6) is 1.04. The topological polar surface area (TPSA) is 81.3 Å². The van der Waals surface area contributed by atoms with Crippen LogP contribution in [0.3, 0.4) is 0 Å². The van der Waals surface area contributed by atoms with Crippen molar-refractivity contribution in [3.63, 3.8) is 0 Å². The SMILES string of the molecule is CCc1nc(Br)cc(N2CCOCC2C(N)=O)n1. The number of primary amides is 1. The molecule has 2 rings (SSSR count). The highest BCUT2D eigenvalue weighted by Crippen LogP contribution is 2.21. The molecule has 1 aromatic rings. The first kappa shape index (κ1) is 13.2. The first-order chi connectivity index (χ1) is 8.61. The normalized spacial score (nSPS) is 19.9. The van der Waals surface area contributed by atoms with Crippen molar-refractivity contribution >= 4 is 27.7 Å². The predicted molar refractivity (Wildman–Crippen MR) is 70.3 cm³/mol. The number of rotatable bonds is 3. The number of anilines is 1. The summed E-state index contributed by atoms with van der Waals surface area (Å²) in [4.78, 5) is 22.0. The van der Waals surface area contributed by atoms with Gasteiger partial charge in [0.15, 0.2) is 0 Å². The number of aromatic nitrogens is 2. The van der Waals surface area contributed by atoms with Gasteiger partial charge in [0.1, 0.15) is 22.3 Å². The monoisotopic (exact) mass is 314 g/mol. The van der Waals surface area contributed by atoms with E-state index in [0.717, 1.165) is 12.2 Å². The van der Waals surface area contributed by atoms with E-state index < -0.39 is 11.9 Å². The van der Waals surface area contributed by atoms with Crippen molar-refractivity contribution in [3.8, 4) is 0 Å². The molecule has 1 atom stereocenters. The number of nitrogens with zero attached hydrogens (tertiary/aromatic N) is 3. The lowest BCUT2D eigenvalue weighted by molar-refractivity contribution is -0.121. The standard InChI is InChI=1S/C11H15BrN4O2/c1-2-9-14-8(12)5-10(15-9)16-3-4-18-6-7(16)11(13)17/h5,7H,2-4,6H2,1H3,(H2,13,17). The number of carbonyl (C=O) groups excluding carboxylic acids is 1. The van der Waals surface area contributed by atoms with E-state index in [9.17, 15) is 4.79 Å². The first-order valence-electron chi connectivity index (χ1n) is 5.79. The number of halogens is 1. The Hall–Kier alpha value is -1.21. The predicted octanol–water partition coefficient (Wildman–Crippen LogP) is 0.492. The van der Waals surface area contributed by atoms with Crippen LogP contribution in [0.25, 0.3) is 0 Å². The van der Waals surface area contributed by atoms with Crippen LogP contribution in [-0.4, -0.2) is 41.7 Å². The lowest BCUT2D eigenvalue weighted by Crippen LogP contribution is -2.53. The van der Waals surface area contributed by atoms with Gasteiger partial charge in [0.2, 0.25) is 5.91 Å². The minimum atomic E-state index is -0.467. The highest BCUT2D eigenvalue weighted by molar-refractivity contribution is 9.10. The molecule has 1 amide bonds. The average Bonchev–Trinajstić information content (AvgIpc) is 2.38. The molecule has 0 aliphatic carbocycles. The van der Waals surface area contributed by atoms with Crippen molar-refractivity contribution in [1.82, 2.24) is 9.97 Å². The van der Waals surface area contributed by atoms with Crippen molar-refractivity contribution in [1.29, 1.82) is 0 Å². The number of hydrogen-bond donors (Lipinski definition) is 1. The molecule has 1 fully saturated rings. The van der Waals surface area contributed by atoms with Gasteiger partial charge in [-0.15, -0.1) is 0 Å². The molecule has 1 saturated heterocycles. The number of ether oxygens (including phenoxy) is 1. The lowest BCUT2D eigenvalue weighted by Gasteiger charge is -2.34. The molecule has 0 bridgehead atoms. The van der Waals surface area contributed by atoms with Crippen LogP contribution in [0.15, 0.2) is 10.7 Å². The summed E-state index contributed by atoms with van der Waals surface area (Å²) in [7, 11) is 0. The molecule has 7 heteroatoms. The van der Waals surface area contributed by atoms with Gasteiger partial charge in [-0.25, -0.2) is 9.97 Å². The molecule has 0 aromatic carbocycles. The fourth-order valence-electron chi connectivity index (χ4n) is 1.87. The third-order valence-electron chi connectivity index (χ3n) is 2.80. The van der Waals surface area contributed by atoms with Crippen LogP contribution in [0.1, 0.15) is 12.7 Å². The zero-order valence-electron chi connectivity index (χ0n) is 10.1. The number of aryl methyl sites for hydroxylation is 1. The summed E-state index contributed by atoms with van der Waals surface area (Å²) in [6.45, 7) is 3.45. The van der Waals surface area contributed by atoms with Crippen molar-refractivity contribution in [2.45, 2.75) is 19.4 Å². The Morgan fingerprint density at radius 2 is 2.44 bits per heavy atom. The molecule has 1 unspecified atom stereocenters. The molecule has 1 aromatic heterocycles. The fourth-order valence-corrected chi connectivity index (χ4v) is 2.28. The van der Waals surface area contributed by atoms with Crippen LogP contribution in [0.5, 0.6) is 0 Å². The Kier molecular flexibility index (Phi) is 4.13. The second-order valence-corrected chi connectivity index (χ2v) is 4.82. The van der Waals surface area contributed by atoms with Gasteiger partial charge in [-0.05, 0) is 15.9 Å². The van der Waals surface area contributed by atoms with E-state index in [1.165, 1.54) is 0 Å². The minimum absolute atomic E-state index is 0.304. The van der Waals surface area contributed by atoms with Crippen molar-refractivity contribution in [2.75, 3.05) is 24.7 Å². The van der Waals surface area contributed by atoms with Gasteiger partial charge in [0, 0.05) is 19.0 Å². The van der Waals surface area contributed by atoms with E-state index in [1.807, 2.05) is 11.8 Å². The van der Waals surface area contributed by atoms with Crippen molar-refractivity contribution < 1.29 is 9.53 Å². The van der Waals surface area contributed by atoms with Gasteiger partial charge in [-0.3, -0.25) is 4.79 Å². The van der Waals surface area contributed by atoms with Crippen molar-refractivity contribution in [3.05, 3.63) is 16.5 Å². The third-order valence-corrected chi connectivity index (χ3v) is 3.20. The number of morpholine rings is 1. The molecule has 18 heavy (non-hydrogen) atoms. The first-order valence-corrected chi connectivity index (χ1v) is 6.58. The third kappa shape index (κ3) is 2.78. The van der Waals surface area contributed by atoms with Gasteiger partial charge in [-0.1, -0.05) is 6.92 Å². The summed E-state index contributed by atoms with van der Waals surface area (Å²) < 4.78 is 5.99. The average molecular weight is 315 g/mol. The molecule has 2 heterocycles. The minimum Gasteiger partial charge on any atom is -0.377 e. The molecule has 0 spiro atoms. The van der Waals surface area contributed by atoms with Crippen LogP contribution >= 0.6 is 15.9 Å². The van der Waals surface area contributed by atoms with E-state index in [2.05, 4.69) is 25.9 Å². The lowest BCUT2D eigenvalue weighted by atomic mass is 10.2. The second-order valence-electron chi connectivity index (χ2n) is 4.01. The highest BCUT2D eigenvalue weighted by atomic mass is 79.9. The van der Waals surface area contributed by atoms with Gasteiger partial charge in [0.05, 0.1) is 13.2 Å². The van der Waals surface area contributed by atoms with E-state index in [-0.39, 0.29) is 0 Å². The fraction of sp³-hybridized carbons (Fsp3) is 0.545. The number of nitrogens with two attached hydrogens (primary N) is 1. The molecule has 6 nitrogen and oxygen atoms in total. The number of hydrogen-bond acceptors (Lipinski definition) is 5. The zero-order chi connectivity index (χ0) is 13.1. The highest BCUT2D eigenvalue weighted by Gasteiger charge is 2.29. The maximum atomic E-state index is 11.4. The molecule has 0 saturated carbocycles. The summed E-state index contributed by atoms with van der Waals surface area (Å²) in [5, 5.41) is 0. The maximum Gasteiger partial charge on any atom is 0.242 e. The van der Waals surface area contributed by atoms with Gasteiger partial charge < -0.3 is 15.4 Å². The largest absolute Gasteiger partial charge is 0.377 e. The maximum absolute atomic E-state index is 11.4. The number of carbonyl (C=O) groups is 1. The Bertz CT molecular complexity index is 455. The van der Waals surface area contributed by atoms with Crippen LogP contribution < -0.4 is 10.6 Å². The van der Waals surface area contributed by atoms with E-state index >= 15 is 0 Å². The molecule has 2 N–H and O–H groups in total. The van der Waals surface area contributed by atoms with Gasteiger partial charge in [0.25, 0.3) is 0 Å². The zero-order valence-corrected chi connectivity index (χ0v) is 11.7. The van der Waals surface area contributed by atoms with Crippen LogP contribution in [0.2, 0.25) is 0 Å². The summed E-state index contributed by atoms with van der Waals surface area (Å²) in [6.07, 6.45) is 0.734. The molecule has 1 aliphatic rings.